The van der Waals surface area contributed by atoms with E-state index in [1.165, 1.54) is 18.2 Å². The van der Waals surface area contributed by atoms with Crippen molar-refractivity contribution in [1.29, 1.82) is 5.26 Å². The van der Waals surface area contributed by atoms with Crippen molar-refractivity contribution in [2.45, 2.75) is 31.7 Å². The minimum absolute atomic E-state index is 0.141. The van der Waals surface area contributed by atoms with Gasteiger partial charge in [-0.15, -0.1) is 0 Å². The molecule has 1 aliphatic rings. The molecule has 2 heterocycles. The van der Waals surface area contributed by atoms with Crippen LogP contribution in [-0.4, -0.2) is 34.6 Å². The summed E-state index contributed by atoms with van der Waals surface area (Å²) in [5.74, 6) is 1.05. The lowest BCUT2D eigenvalue weighted by atomic mass is 10.0. The van der Waals surface area contributed by atoms with Crippen molar-refractivity contribution in [2.24, 2.45) is 5.92 Å². The first-order valence-electron chi connectivity index (χ1n) is 8.29. The molecule has 1 aromatic heterocycles. The Morgan fingerprint density at radius 3 is 3.08 bits per heavy atom. The van der Waals surface area contributed by atoms with E-state index in [1.54, 1.807) is 0 Å². The Balaban J connectivity index is 1.78. The number of nitrogens with zero attached hydrogens (tertiary/aromatic N) is 3. The summed E-state index contributed by atoms with van der Waals surface area (Å²) in [6, 6.07) is 10.0. The van der Waals surface area contributed by atoms with Gasteiger partial charge in [0.25, 0.3) is 0 Å². The number of piperidine rings is 1. The quantitative estimate of drug-likeness (QED) is 0.799. The second kappa shape index (κ2) is 7.23. The van der Waals surface area contributed by atoms with E-state index in [-0.39, 0.29) is 5.91 Å². The fraction of sp³-hybridized carbons (Fsp3) is 0.421. The van der Waals surface area contributed by atoms with Crippen molar-refractivity contribution in [3.63, 3.8) is 0 Å². The fourth-order valence-electron chi connectivity index (χ4n) is 3.16. The number of rotatable bonds is 3. The molecular weight excluding hydrogens is 318 g/mol. The van der Waals surface area contributed by atoms with Crippen LogP contribution < -0.4 is 0 Å². The zero-order chi connectivity index (χ0) is 17.1. The van der Waals surface area contributed by atoms with Gasteiger partial charge in [0.05, 0.1) is 16.8 Å². The summed E-state index contributed by atoms with van der Waals surface area (Å²) in [6.45, 7) is 5.89. The van der Waals surface area contributed by atoms with Crippen LogP contribution in [0.15, 0.2) is 29.3 Å². The normalized spacial score (nSPS) is 17.7. The number of benzene rings is 1. The summed E-state index contributed by atoms with van der Waals surface area (Å²) >= 11 is 1.37. The molecule has 0 spiro atoms. The Morgan fingerprint density at radius 2 is 2.33 bits per heavy atom. The number of aromatic nitrogens is 1. The van der Waals surface area contributed by atoms with Crippen LogP contribution >= 0.6 is 11.8 Å². The molecule has 0 radical (unpaired) electrons. The number of para-hydroxylation sites is 1. The van der Waals surface area contributed by atoms with Crippen LogP contribution in [0.4, 0.5) is 0 Å². The minimum Gasteiger partial charge on any atom is -0.342 e. The molecule has 4 nitrogen and oxygen atoms in total. The van der Waals surface area contributed by atoms with Crippen LogP contribution in [-0.2, 0) is 4.79 Å². The Hall–Kier alpha value is -2.06. The number of thioether (sulfide) groups is 1. The van der Waals surface area contributed by atoms with E-state index in [4.69, 9.17) is 0 Å². The molecule has 2 aromatic rings. The van der Waals surface area contributed by atoms with Gasteiger partial charge in [0, 0.05) is 18.5 Å². The van der Waals surface area contributed by atoms with Gasteiger partial charge >= 0.3 is 0 Å². The Bertz CT molecular complexity index is 812. The first-order valence-corrected chi connectivity index (χ1v) is 9.28. The smallest absolute Gasteiger partial charge is 0.232 e. The van der Waals surface area contributed by atoms with Gasteiger partial charge in [-0.3, -0.25) is 4.79 Å². The molecule has 124 valence electrons. The largest absolute Gasteiger partial charge is 0.342 e. The Kier molecular flexibility index (Phi) is 5.06. The molecule has 0 aliphatic carbocycles. The summed E-state index contributed by atoms with van der Waals surface area (Å²) in [7, 11) is 0. The monoisotopic (exact) mass is 339 g/mol. The maximum atomic E-state index is 12.4. The summed E-state index contributed by atoms with van der Waals surface area (Å²) in [5.41, 5.74) is 2.52. The highest BCUT2D eigenvalue weighted by atomic mass is 32.2. The summed E-state index contributed by atoms with van der Waals surface area (Å²) in [4.78, 5) is 19.0. The Labute approximate surface area is 146 Å². The third-order valence-corrected chi connectivity index (χ3v) is 5.45. The second-order valence-electron chi connectivity index (χ2n) is 6.48. The zero-order valence-electron chi connectivity index (χ0n) is 14.1. The van der Waals surface area contributed by atoms with Crippen molar-refractivity contribution in [3.8, 4) is 6.07 Å². The minimum atomic E-state index is 0.141. The van der Waals surface area contributed by atoms with E-state index in [9.17, 15) is 10.1 Å². The highest BCUT2D eigenvalue weighted by Gasteiger charge is 2.21. The van der Waals surface area contributed by atoms with Crippen molar-refractivity contribution in [3.05, 3.63) is 35.4 Å². The number of fused-ring (bicyclic) bond motifs is 1. The molecule has 3 rings (SSSR count). The molecule has 1 fully saturated rings. The number of carbonyl (C=O) groups excluding carboxylic acids is 1. The highest BCUT2D eigenvalue weighted by Crippen LogP contribution is 2.27. The highest BCUT2D eigenvalue weighted by molar-refractivity contribution is 8.00. The van der Waals surface area contributed by atoms with Gasteiger partial charge in [-0.25, -0.2) is 4.98 Å². The van der Waals surface area contributed by atoms with Crippen molar-refractivity contribution < 1.29 is 4.79 Å². The lowest BCUT2D eigenvalue weighted by Gasteiger charge is -2.30. The molecule has 0 N–H and O–H groups in total. The van der Waals surface area contributed by atoms with E-state index < -0.39 is 0 Å². The summed E-state index contributed by atoms with van der Waals surface area (Å²) in [5, 5.41) is 11.0. The van der Waals surface area contributed by atoms with Crippen molar-refractivity contribution in [2.75, 3.05) is 18.8 Å². The lowest BCUT2D eigenvalue weighted by Crippen LogP contribution is -2.40. The molecule has 24 heavy (non-hydrogen) atoms. The molecule has 0 unspecified atom stereocenters. The molecular formula is C19H21N3OS. The maximum Gasteiger partial charge on any atom is 0.232 e. The molecule has 0 bridgehead atoms. The van der Waals surface area contributed by atoms with Gasteiger partial charge in [0.15, 0.2) is 0 Å². The predicted octanol–water partition coefficient (Wildman–Crippen LogP) is 3.77. The first kappa shape index (κ1) is 16.8. The number of aryl methyl sites for hydroxylation is 1. The standard InChI is InChI=1S/C19H21N3OS/c1-13-5-4-8-22(11-13)17(23)12-24-19-16(10-20)9-15-7-3-6-14(2)18(15)21-19/h3,6-7,9,13H,4-5,8,11-12H2,1-2H3/t13-/m0/s1. The average molecular weight is 339 g/mol. The van der Waals surface area contributed by atoms with Gasteiger partial charge in [0.1, 0.15) is 11.1 Å². The third-order valence-electron chi connectivity index (χ3n) is 4.48. The zero-order valence-corrected chi connectivity index (χ0v) is 14.9. The first-order chi connectivity index (χ1) is 11.6. The van der Waals surface area contributed by atoms with Crippen LogP contribution in [0, 0.1) is 24.2 Å². The van der Waals surface area contributed by atoms with Crippen LogP contribution in [0.1, 0.15) is 30.9 Å². The molecule has 1 saturated heterocycles. The molecule has 1 amide bonds. The summed E-state index contributed by atoms with van der Waals surface area (Å²) in [6.07, 6.45) is 2.27. The Morgan fingerprint density at radius 1 is 1.50 bits per heavy atom. The van der Waals surface area contributed by atoms with Crippen LogP contribution in [0.2, 0.25) is 0 Å². The van der Waals surface area contributed by atoms with E-state index >= 15 is 0 Å². The van der Waals surface area contributed by atoms with Gasteiger partial charge in [-0.2, -0.15) is 5.26 Å². The van der Waals surface area contributed by atoms with Crippen LogP contribution in [0.3, 0.4) is 0 Å². The topological polar surface area (TPSA) is 57.0 Å². The van der Waals surface area contributed by atoms with Crippen molar-refractivity contribution >= 4 is 28.6 Å². The second-order valence-corrected chi connectivity index (χ2v) is 7.44. The van der Waals surface area contributed by atoms with E-state index in [0.29, 0.717) is 22.3 Å². The maximum absolute atomic E-state index is 12.4. The van der Waals surface area contributed by atoms with Gasteiger partial charge in [-0.1, -0.05) is 36.9 Å². The SMILES string of the molecule is Cc1cccc2cc(C#N)c(SCC(=O)N3CCC[C@H](C)C3)nc12. The summed E-state index contributed by atoms with van der Waals surface area (Å²) < 4.78 is 0. The molecule has 0 saturated carbocycles. The van der Waals surface area contributed by atoms with E-state index in [1.807, 2.05) is 36.1 Å². The number of likely N-dealkylation sites (tertiary alicyclic amines) is 1. The number of hydrogen-bond donors (Lipinski definition) is 0. The number of carbonyl (C=O) groups is 1. The van der Waals surface area contributed by atoms with E-state index in [2.05, 4.69) is 18.0 Å². The number of nitriles is 1. The number of pyridine rings is 1. The van der Waals surface area contributed by atoms with Gasteiger partial charge < -0.3 is 4.90 Å². The third kappa shape index (κ3) is 3.54. The molecule has 1 aliphatic heterocycles. The van der Waals surface area contributed by atoms with Gasteiger partial charge in [-0.05, 0) is 37.3 Å². The average Bonchev–Trinajstić information content (AvgIpc) is 2.59. The van der Waals surface area contributed by atoms with E-state index in [0.717, 1.165) is 36.0 Å². The fourth-order valence-corrected chi connectivity index (χ4v) is 4.02. The van der Waals surface area contributed by atoms with Gasteiger partial charge in [0.2, 0.25) is 5.91 Å². The van der Waals surface area contributed by atoms with Crippen LogP contribution in [0.25, 0.3) is 10.9 Å². The number of hydrogen-bond acceptors (Lipinski definition) is 4. The molecule has 5 heteroatoms. The van der Waals surface area contributed by atoms with Crippen molar-refractivity contribution in [1.82, 2.24) is 9.88 Å². The number of amides is 1. The van der Waals surface area contributed by atoms with Crippen LogP contribution in [0.5, 0.6) is 0 Å². The molecule has 1 aromatic carbocycles. The predicted molar refractivity (Wildman–Crippen MR) is 96.9 cm³/mol. The molecule has 1 atom stereocenters. The lowest BCUT2D eigenvalue weighted by molar-refractivity contribution is -0.130.